The second kappa shape index (κ2) is 6.82. The van der Waals surface area contributed by atoms with Gasteiger partial charge in [0.25, 0.3) is 0 Å². The minimum absolute atomic E-state index is 0.527. The van der Waals surface area contributed by atoms with E-state index in [9.17, 15) is 0 Å². The highest BCUT2D eigenvalue weighted by molar-refractivity contribution is 5.38. The lowest BCUT2D eigenvalue weighted by molar-refractivity contribution is 1.45. The summed E-state index contributed by atoms with van der Waals surface area (Å²) in [5, 5.41) is 16.8. The van der Waals surface area contributed by atoms with Gasteiger partial charge in [0, 0.05) is 0 Å². The zero-order chi connectivity index (χ0) is 12.5. The van der Waals surface area contributed by atoms with E-state index in [4.69, 9.17) is 10.5 Å². The summed E-state index contributed by atoms with van der Waals surface area (Å²) >= 11 is 0. The van der Waals surface area contributed by atoms with Crippen molar-refractivity contribution in [2.75, 3.05) is 0 Å². The number of benzene rings is 2. The quantitative estimate of drug-likeness (QED) is 0.682. The Bertz CT molecular complexity index is 516. The Morgan fingerprint density at radius 2 is 1.29 bits per heavy atom. The molecule has 0 amide bonds. The van der Waals surface area contributed by atoms with E-state index in [2.05, 4.69) is 19.1 Å². The lowest BCUT2D eigenvalue weighted by Gasteiger charge is -1.86. The van der Waals surface area contributed by atoms with E-state index in [0.29, 0.717) is 11.1 Å². The highest BCUT2D eigenvalue weighted by Gasteiger charge is 1.90. The van der Waals surface area contributed by atoms with E-state index >= 15 is 0 Å². The van der Waals surface area contributed by atoms with Crippen molar-refractivity contribution in [3.8, 4) is 12.1 Å². The van der Waals surface area contributed by atoms with E-state index < -0.39 is 0 Å². The number of rotatable bonds is 0. The first-order chi connectivity index (χ1) is 8.26. The molecule has 0 fully saturated rings. The number of hydrogen-bond donors (Lipinski definition) is 0. The van der Waals surface area contributed by atoms with Gasteiger partial charge in [0.2, 0.25) is 0 Å². The SMILES string of the molecule is Cc1ccccc1.N#Cc1cccc(C#N)c1. The van der Waals surface area contributed by atoms with Crippen LogP contribution in [-0.2, 0) is 0 Å². The van der Waals surface area contributed by atoms with E-state index in [1.165, 1.54) is 5.56 Å². The Balaban J connectivity index is 0.000000181. The zero-order valence-corrected chi connectivity index (χ0v) is 9.59. The molecule has 0 aliphatic carbocycles. The first kappa shape index (κ1) is 12.5. The second-order valence-electron chi connectivity index (χ2n) is 3.46. The van der Waals surface area contributed by atoms with Gasteiger partial charge in [0.05, 0.1) is 23.3 Å². The van der Waals surface area contributed by atoms with Gasteiger partial charge in [-0.15, -0.1) is 0 Å². The van der Waals surface area contributed by atoms with Gasteiger partial charge in [-0.3, -0.25) is 0 Å². The van der Waals surface area contributed by atoms with Crippen molar-refractivity contribution in [1.82, 2.24) is 0 Å². The summed E-state index contributed by atoms with van der Waals surface area (Å²) in [6, 6.07) is 20.7. The van der Waals surface area contributed by atoms with Crippen molar-refractivity contribution in [3.05, 3.63) is 71.3 Å². The molecule has 0 unspecified atom stereocenters. The smallest absolute Gasteiger partial charge is 0.0992 e. The van der Waals surface area contributed by atoms with Crippen molar-refractivity contribution in [3.63, 3.8) is 0 Å². The molecule has 0 atom stereocenters. The van der Waals surface area contributed by atoms with Crippen molar-refractivity contribution >= 4 is 0 Å². The number of aryl methyl sites for hydroxylation is 1. The van der Waals surface area contributed by atoms with E-state index in [-0.39, 0.29) is 0 Å². The molecule has 0 heterocycles. The first-order valence-corrected chi connectivity index (χ1v) is 5.18. The normalized spacial score (nSPS) is 8.18. The largest absolute Gasteiger partial charge is 0.192 e. The van der Waals surface area contributed by atoms with Crippen LogP contribution in [0.1, 0.15) is 16.7 Å². The van der Waals surface area contributed by atoms with E-state index in [0.717, 1.165) is 0 Å². The molecule has 2 aromatic rings. The Morgan fingerprint density at radius 1 is 0.765 bits per heavy atom. The van der Waals surface area contributed by atoms with Gasteiger partial charge in [-0.2, -0.15) is 10.5 Å². The summed E-state index contributed by atoms with van der Waals surface area (Å²) in [5.41, 5.74) is 2.38. The molecule has 82 valence electrons. The predicted octanol–water partition coefficient (Wildman–Crippen LogP) is 3.42. The number of hydrogen-bond acceptors (Lipinski definition) is 2. The van der Waals surface area contributed by atoms with E-state index in [1.54, 1.807) is 24.3 Å². The monoisotopic (exact) mass is 220 g/mol. The van der Waals surface area contributed by atoms with Crippen LogP contribution in [0.25, 0.3) is 0 Å². The highest BCUT2D eigenvalue weighted by atomic mass is 14.2. The van der Waals surface area contributed by atoms with Crippen LogP contribution in [0.2, 0.25) is 0 Å². The highest BCUT2D eigenvalue weighted by Crippen LogP contribution is 2.01. The summed E-state index contributed by atoms with van der Waals surface area (Å²) in [5.74, 6) is 0. The van der Waals surface area contributed by atoms with Crippen LogP contribution < -0.4 is 0 Å². The average Bonchev–Trinajstić information content (AvgIpc) is 2.40. The lowest BCUT2D eigenvalue weighted by Crippen LogP contribution is -1.75. The molecular formula is C15H12N2. The standard InChI is InChI=1S/C8H4N2.C7H8/c9-5-7-2-1-3-8(4-7)6-10;1-7-5-3-2-4-6-7/h1-4H;2-6H,1H3. The third kappa shape index (κ3) is 4.64. The summed E-state index contributed by atoms with van der Waals surface area (Å²) in [7, 11) is 0. The van der Waals surface area contributed by atoms with Gasteiger partial charge in [0.1, 0.15) is 0 Å². The molecule has 0 aliphatic heterocycles. The average molecular weight is 220 g/mol. The predicted molar refractivity (Wildman–Crippen MR) is 67.1 cm³/mol. The lowest BCUT2D eigenvalue weighted by atomic mass is 10.2. The Morgan fingerprint density at radius 3 is 1.65 bits per heavy atom. The van der Waals surface area contributed by atoms with Crippen LogP contribution in [0.4, 0.5) is 0 Å². The third-order valence-electron chi connectivity index (χ3n) is 2.06. The molecule has 17 heavy (non-hydrogen) atoms. The van der Waals surface area contributed by atoms with Crippen molar-refractivity contribution in [2.24, 2.45) is 0 Å². The van der Waals surface area contributed by atoms with Crippen LogP contribution in [0.15, 0.2) is 54.6 Å². The van der Waals surface area contributed by atoms with Crippen LogP contribution in [0.3, 0.4) is 0 Å². The Hall–Kier alpha value is -2.58. The molecule has 2 rings (SSSR count). The van der Waals surface area contributed by atoms with Crippen LogP contribution in [0, 0.1) is 29.6 Å². The van der Waals surface area contributed by atoms with Crippen molar-refractivity contribution in [1.29, 1.82) is 10.5 Å². The molecule has 0 spiro atoms. The fourth-order valence-corrected chi connectivity index (χ4v) is 1.19. The minimum atomic E-state index is 0.527. The maximum atomic E-state index is 8.40. The zero-order valence-electron chi connectivity index (χ0n) is 9.59. The Labute approximate surface area is 101 Å². The summed E-state index contributed by atoms with van der Waals surface area (Å²) in [6.07, 6.45) is 0. The first-order valence-electron chi connectivity index (χ1n) is 5.18. The third-order valence-corrected chi connectivity index (χ3v) is 2.06. The molecule has 0 bridgehead atoms. The summed E-state index contributed by atoms with van der Waals surface area (Å²) < 4.78 is 0. The topological polar surface area (TPSA) is 47.6 Å². The van der Waals surface area contributed by atoms with Crippen molar-refractivity contribution < 1.29 is 0 Å². The number of nitrogens with zero attached hydrogens (tertiary/aromatic N) is 2. The van der Waals surface area contributed by atoms with Gasteiger partial charge in [-0.05, 0) is 25.1 Å². The molecule has 0 saturated heterocycles. The molecule has 2 aromatic carbocycles. The van der Waals surface area contributed by atoms with Crippen molar-refractivity contribution in [2.45, 2.75) is 6.92 Å². The molecule has 0 N–H and O–H groups in total. The molecule has 0 saturated carbocycles. The van der Waals surface area contributed by atoms with Gasteiger partial charge in [-0.1, -0.05) is 42.0 Å². The summed E-state index contributed by atoms with van der Waals surface area (Å²) in [6.45, 7) is 2.08. The minimum Gasteiger partial charge on any atom is -0.192 e. The molecule has 0 aliphatic rings. The maximum absolute atomic E-state index is 8.40. The fraction of sp³-hybridized carbons (Fsp3) is 0.0667. The number of nitriles is 2. The molecule has 2 heteroatoms. The molecule has 0 radical (unpaired) electrons. The fourth-order valence-electron chi connectivity index (χ4n) is 1.19. The second-order valence-corrected chi connectivity index (χ2v) is 3.46. The van der Waals surface area contributed by atoms with Gasteiger partial charge < -0.3 is 0 Å². The van der Waals surface area contributed by atoms with Gasteiger partial charge >= 0.3 is 0 Å². The van der Waals surface area contributed by atoms with Crippen LogP contribution >= 0.6 is 0 Å². The van der Waals surface area contributed by atoms with Crippen LogP contribution in [0.5, 0.6) is 0 Å². The molecule has 2 nitrogen and oxygen atoms in total. The maximum Gasteiger partial charge on any atom is 0.0992 e. The van der Waals surface area contributed by atoms with Crippen LogP contribution in [-0.4, -0.2) is 0 Å². The Kier molecular flexibility index (Phi) is 5.01. The molecular weight excluding hydrogens is 208 g/mol. The van der Waals surface area contributed by atoms with Gasteiger partial charge in [-0.25, -0.2) is 0 Å². The summed E-state index contributed by atoms with van der Waals surface area (Å²) in [4.78, 5) is 0. The molecule has 0 aromatic heterocycles. The van der Waals surface area contributed by atoms with Gasteiger partial charge in [0.15, 0.2) is 0 Å². The van der Waals surface area contributed by atoms with E-state index in [1.807, 2.05) is 30.3 Å².